The van der Waals surface area contributed by atoms with Crippen LogP contribution in [0.5, 0.6) is 5.75 Å². The average Bonchev–Trinajstić information content (AvgIpc) is 3.05. The fourth-order valence-electron chi connectivity index (χ4n) is 5.66. The summed E-state index contributed by atoms with van der Waals surface area (Å²) in [5.41, 5.74) is 6.37. The average molecular weight is 462 g/mol. The van der Waals surface area contributed by atoms with Gasteiger partial charge in [0, 0.05) is 31.7 Å². The Morgan fingerprint density at radius 3 is 2.36 bits per heavy atom. The molecule has 2 amide bonds. The fraction of sp³-hybridized carbons (Fsp3) is 0.680. The predicted molar refractivity (Wildman–Crippen MR) is 126 cm³/mol. The Balaban J connectivity index is 1.68. The number of nitrogens with zero attached hydrogens (tertiary/aromatic N) is 2. The number of aliphatic hydroxyl groups is 2. The summed E-state index contributed by atoms with van der Waals surface area (Å²) in [6, 6.07) is 5.90. The van der Waals surface area contributed by atoms with Crippen molar-refractivity contribution in [3.8, 4) is 5.75 Å². The number of hydrogen-bond donors (Lipinski definition) is 4. The third-order valence-electron chi connectivity index (χ3n) is 7.69. The lowest BCUT2D eigenvalue weighted by Gasteiger charge is -2.40. The zero-order valence-electron chi connectivity index (χ0n) is 19.8. The van der Waals surface area contributed by atoms with Crippen molar-refractivity contribution in [1.82, 2.24) is 9.80 Å². The maximum atomic E-state index is 12.7. The van der Waals surface area contributed by atoms with E-state index in [-0.39, 0.29) is 17.2 Å². The topological polar surface area (TPSA) is 127 Å². The molecule has 184 valence electrons. The van der Waals surface area contributed by atoms with Crippen LogP contribution in [0.2, 0.25) is 0 Å². The van der Waals surface area contributed by atoms with Gasteiger partial charge >= 0.3 is 0 Å². The van der Waals surface area contributed by atoms with Crippen LogP contribution >= 0.6 is 0 Å². The molecule has 1 aromatic rings. The van der Waals surface area contributed by atoms with Crippen molar-refractivity contribution in [1.29, 1.82) is 0 Å². The van der Waals surface area contributed by atoms with Gasteiger partial charge in [0.1, 0.15) is 5.75 Å². The highest BCUT2D eigenvalue weighted by Gasteiger charge is 2.42. The number of fused-ring (bicyclic) bond motifs is 2. The molecule has 5 N–H and O–H groups in total. The molecule has 2 bridgehead atoms. The first kappa shape index (κ1) is 25.5. The predicted octanol–water partition coefficient (Wildman–Crippen LogP) is 1.82. The number of nitrogens with two attached hydrogens (primary N) is 1. The van der Waals surface area contributed by atoms with E-state index in [4.69, 9.17) is 5.73 Å². The number of primary amides is 1. The van der Waals surface area contributed by atoms with E-state index in [1.165, 1.54) is 0 Å². The van der Waals surface area contributed by atoms with E-state index in [0.717, 1.165) is 50.6 Å². The molecule has 1 aromatic carbocycles. The van der Waals surface area contributed by atoms with Gasteiger partial charge in [-0.2, -0.15) is 0 Å². The van der Waals surface area contributed by atoms with Gasteiger partial charge in [0.15, 0.2) is 6.10 Å². The first-order valence-corrected chi connectivity index (χ1v) is 12.3. The molecule has 2 fully saturated rings. The zero-order chi connectivity index (χ0) is 24.1. The summed E-state index contributed by atoms with van der Waals surface area (Å²) in [5.74, 6) is -0.496. The molecule has 0 spiro atoms. The number of amides is 2. The molecule has 0 radical (unpaired) electrons. The van der Waals surface area contributed by atoms with Crippen LogP contribution in [-0.4, -0.2) is 81.4 Å². The molecule has 33 heavy (non-hydrogen) atoms. The molecule has 1 unspecified atom stereocenters. The molecule has 2 aliphatic heterocycles. The maximum absolute atomic E-state index is 12.7. The highest BCUT2D eigenvalue weighted by atomic mass is 16.3. The monoisotopic (exact) mass is 461 g/mol. The van der Waals surface area contributed by atoms with Gasteiger partial charge in [0.05, 0.1) is 12.2 Å². The lowest BCUT2D eigenvalue weighted by atomic mass is 9.83. The maximum Gasteiger partial charge on any atom is 0.253 e. The van der Waals surface area contributed by atoms with E-state index in [2.05, 4.69) is 18.7 Å². The molecule has 3 rings (SSSR count). The first-order valence-electron chi connectivity index (χ1n) is 12.3. The lowest BCUT2D eigenvalue weighted by Crippen LogP contribution is -2.50. The molecular formula is C25H39N3O5. The molecule has 0 aromatic heterocycles. The summed E-state index contributed by atoms with van der Waals surface area (Å²) in [6.07, 6.45) is 4.44. The van der Waals surface area contributed by atoms with Crippen molar-refractivity contribution in [2.24, 2.45) is 11.7 Å². The summed E-state index contributed by atoms with van der Waals surface area (Å²) >= 11 is 0. The van der Waals surface area contributed by atoms with Crippen molar-refractivity contribution in [3.05, 3.63) is 29.3 Å². The normalized spacial score (nSPS) is 23.6. The Bertz CT molecular complexity index is 814. The number of aromatic hydroxyl groups is 1. The van der Waals surface area contributed by atoms with Crippen molar-refractivity contribution < 1.29 is 24.9 Å². The molecule has 0 saturated carbocycles. The van der Waals surface area contributed by atoms with E-state index in [1.54, 1.807) is 17.0 Å². The van der Waals surface area contributed by atoms with Gasteiger partial charge in [-0.15, -0.1) is 0 Å². The van der Waals surface area contributed by atoms with Gasteiger partial charge in [-0.05, 0) is 49.1 Å². The van der Waals surface area contributed by atoms with Crippen LogP contribution in [-0.2, 0) is 4.79 Å². The van der Waals surface area contributed by atoms with Crippen LogP contribution in [0.25, 0.3) is 0 Å². The summed E-state index contributed by atoms with van der Waals surface area (Å²) in [7, 11) is 0. The van der Waals surface area contributed by atoms with Gasteiger partial charge in [-0.25, -0.2) is 0 Å². The van der Waals surface area contributed by atoms with Crippen molar-refractivity contribution in [2.75, 3.05) is 26.2 Å². The molecule has 8 heteroatoms. The number of para-hydroxylation sites is 1. The minimum atomic E-state index is -1.37. The molecule has 0 aliphatic carbocycles. The van der Waals surface area contributed by atoms with Crippen LogP contribution in [0.4, 0.5) is 0 Å². The fourth-order valence-corrected chi connectivity index (χ4v) is 5.66. The van der Waals surface area contributed by atoms with E-state index in [9.17, 15) is 24.9 Å². The second-order valence-electron chi connectivity index (χ2n) is 9.56. The summed E-state index contributed by atoms with van der Waals surface area (Å²) in [4.78, 5) is 28.5. The standard InChI is InChI=1S/C25H39N3O5/c1-3-16(4-2)14-27(25(33)22(30)15-29)10-11-28-18-8-9-19(28)13-17(12-18)20-6-5-7-21(23(20)31)24(26)32/h5-7,16-19,22,29-31H,3-4,8-15H2,1-2H3,(H2,26,32)/t17?,18-,19+,22-/m0/s1. The van der Waals surface area contributed by atoms with Gasteiger partial charge in [0.2, 0.25) is 0 Å². The Labute approximate surface area is 196 Å². The molecule has 4 atom stereocenters. The number of rotatable bonds is 11. The Morgan fingerprint density at radius 2 is 1.82 bits per heavy atom. The van der Waals surface area contributed by atoms with Gasteiger partial charge in [-0.3, -0.25) is 14.5 Å². The lowest BCUT2D eigenvalue weighted by molar-refractivity contribution is -0.143. The molecule has 2 saturated heterocycles. The van der Waals surface area contributed by atoms with Crippen molar-refractivity contribution in [2.45, 2.75) is 76.5 Å². The van der Waals surface area contributed by atoms with Gasteiger partial charge < -0.3 is 26.0 Å². The second kappa shape index (κ2) is 11.3. The number of aliphatic hydroxyl groups excluding tert-OH is 2. The second-order valence-corrected chi connectivity index (χ2v) is 9.56. The Kier molecular flexibility index (Phi) is 8.73. The van der Waals surface area contributed by atoms with Gasteiger partial charge in [-0.1, -0.05) is 38.8 Å². The van der Waals surface area contributed by atoms with Crippen LogP contribution in [0.15, 0.2) is 18.2 Å². The summed E-state index contributed by atoms with van der Waals surface area (Å²) < 4.78 is 0. The molecule has 2 heterocycles. The number of phenols is 1. The third-order valence-corrected chi connectivity index (χ3v) is 7.69. The van der Waals surface area contributed by atoms with Crippen molar-refractivity contribution in [3.63, 3.8) is 0 Å². The minimum absolute atomic E-state index is 0.00258. The Morgan fingerprint density at radius 1 is 1.18 bits per heavy atom. The molecule has 2 aliphatic rings. The third kappa shape index (κ3) is 5.67. The largest absolute Gasteiger partial charge is 0.507 e. The zero-order valence-corrected chi connectivity index (χ0v) is 19.8. The Hall–Kier alpha value is -2.16. The van der Waals surface area contributed by atoms with Crippen LogP contribution in [0.3, 0.4) is 0 Å². The number of benzene rings is 1. The van der Waals surface area contributed by atoms with Crippen LogP contribution in [0, 0.1) is 5.92 Å². The van der Waals surface area contributed by atoms with E-state index in [0.29, 0.717) is 31.1 Å². The summed E-state index contributed by atoms with van der Waals surface area (Å²) in [6.45, 7) is 5.47. The highest BCUT2D eigenvalue weighted by Crippen LogP contribution is 2.45. The summed E-state index contributed by atoms with van der Waals surface area (Å²) in [5, 5.41) is 29.8. The van der Waals surface area contributed by atoms with E-state index < -0.39 is 24.5 Å². The SMILES string of the molecule is CCC(CC)CN(CCN1[C@@H]2CC[C@H]1CC(c1cccc(C(N)=O)c1O)C2)C(=O)[C@@H](O)CO. The number of carbonyl (C=O) groups is 2. The molecular weight excluding hydrogens is 422 g/mol. The number of hydrogen-bond acceptors (Lipinski definition) is 6. The number of carbonyl (C=O) groups excluding carboxylic acids is 2. The van der Waals surface area contributed by atoms with E-state index in [1.807, 2.05) is 6.07 Å². The number of piperidine rings is 1. The first-order chi connectivity index (χ1) is 15.8. The minimum Gasteiger partial charge on any atom is -0.507 e. The van der Waals surface area contributed by atoms with E-state index >= 15 is 0 Å². The van der Waals surface area contributed by atoms with Crippen molar-refractivity contribution >= 4 is 11.8 Å². The van der Waals surface area contributed by atoms with Gasteiger partial charge in [0.25, 0.3) is 11.8 Å². The molecule has 8 nitrogen and oxygen atoms in total. The van der Waals surface area contributed by atoms with Crippen LogP contribution in [0.1, 0.15) is 74.2 Å². The highest BCUT2D eigenvalue weighted by molar-refractivity contribution is 5.96. The quantitative estimate of drug-likeness (QED) is 0.398. The smallest absolute Gasteiger partial charge is 0.253 e. The van der Waals surface area contributed by atoms with Crippen LogP contribution < -0.4 is 5.73 Å².